The number of rotatable bonds is 2. The molecule has 3 atom stereocenters. The van der Waals surface area contributed by atoms with Gasteiger partial charge >= 0.3 is 0 Å². The summed E-state index contributed by atoms with van der Waals surface area (Å²) in [5, 5.41) is 3.13. The van der Waals surface area contributed by atoms with Crippen LogP contribution >= 0.6 is 0 Å². The predicted octanol–water partition coefficient (Wildman–Crippen LogP) is 4.09. The first kappa shape index (κ1) is 19.5. The normalized spacial score (nSPS) is 28.0. The molecule has 3 saturated heterocycles. The molecule has 2 nitrogen and oxygen atoms in total. The second kappa shape index (κ2) is 6.80. The predicted molar refractivity (Wildman–Crippen MR) is 124 cm³/mol. The maximum atomic E-state index is 7.46. The van der Waals surface area contributed by atoms with Gasteiger partial charge in [0, 0.05) is 12.6 Å². The van der Waals surface area contributed by atoms with Crippen molar-refractivity contribution in [1.82, 2.24) is 4.90 Å². The van der Waals surface area contributed by atoms with Crippen molar-refractivity contribution in [1.29, 1.82) is 0 Å². The van der Waals surface area contributed by atoms with E-state index in [9.17, 15) is 0 Å². The van der Waals surface area contributed by atoms with E-state index in [1.807, 2.05) is 0 Å². The molecule has 3 fully saturated rings. The van der Waals surface area contributed by atoms with Crippen LogP contribution in [-0.4, -0.2) is 38.5 Å². The van der Waals surface area contributed by atoms with Crippen LogP contribution in [0.5, 0.6) is 0 Å². The van der Waals surface area contributed by atoms with Gasteiger partial charge in [0.1, 0.15) is 0 Å². The summed E-state index contributed by atoms with van der Waals surface area (Å²) >= 11 is 0. The first-order valence-electron chi connectivity index (χ1n) is 11.4. The number of nitrogens with zero attached hydrogens (tertiary/aromatic N) is 1. The molecule has 2 aromatic carbocycles. The topological polar surface area (TPSA) is 12.5 Å². The third kappa shape index (κ3) is 2.89. The van der Waals surface area contributed by atoms with Crippen LogP contribution < -0.4 is 10.4 Å². The minimum absolute atomic E-state index is 0.435. The van der Waals surface area contributed by atoms with Crippen LogP contribution in [0.25, 0.3) is 0 Å². The molecule has 2 aromatic rings. The minimum Gasteiger partial charge on any atom is -0.403 e. The molecule has 3 heteroatoms. The Morgan fingerprint density at radius 2 is 1.34 bits per heavy atom. The molecule has 0 unspecified atom stereocenters. The Kier molecular flexibility index (Phi) is 4.58. The van der Waals surface area contributed by atoms with Crippen molar-refractivity contribution >= 4 is 18.7 Å². The van der Waals surface area contributed by atoms with Gasteiger partial charge in [-0.25, -0.2) is 0 Å². The fourth-order valence-electron chi connectivity index (χ4n) is 7.26. The molecule has 0 aliphatic carbocycles. The monoisotopic (exact) mass is 405 g/mol. The molecule has 29 heavy (non-hydrogen) atoms. The van der Waals surface area contributed by atoms with E-state index in [4.69, 9.17) is 4.43 Å². The second-order valence-corrected chi connectivity index (χ2v) is 13.4. The highest BCUT2D eigenvalue weighted by Crippen LogP contribution is 2.45. The molecule has 3 heterocycles. The molecule has 0 aromatic heterocycles. The van der Waals surface area contributed by atoms with Crippen LogP contribution in [-0.2, 0) is 4.43 Å². The molecule has 5 rings (SSSR count). The summed E-state index contributed by atoms with van der Waals surface area (Å²) < 4.78 is 7.46. The third-order valence-electron chi connectivity index (χ3n) is 7.78. The maximum absolute atomic E-state index is 7.46. The molecule has 0 spiro atoms. The van der Waals surface area contributed by atoms with E-state index >= 15 is 0 Å². The van der Waals surface area contributed by atoms with E-state index in [1.54, 1.807) is 10.4 Å². The van der Waals surface area contributed by atoms with Gasteiger partial charge in [-0.1, -0.05) is 35.4 Å². The molecule has 0 amide bonds. The molecular weight excluding hydrogens is 370 g/mol. The van der Waals surface area contributed by atoms with Crippen molar-refractivity contribution in [2.75, 3.05) is 13.1 Å². The van der Waals surface area contributed by atoms with Gasteiger partial charge in [-0.15, -0.1) is 0 Å². The Hall–Kier alpha value is -1.42. The number of fused-ring (bicyclic) bond motifs is 3. The Bertz CT molecular complexity index is 877. The first-order valence-corrected chi connectivity index (χ1v) is 13.5. The SMILES string of the molecule is Cc1cc(C)c([Si]2(c3c(C)cc(C)cc3C)C[C@@H]3CN4CCC[C@@H]4[C@@H]3O2)c(C)c1. The maximum Gasteiger partial charge on any atom is 0.257 e. The van der Waals surface area contributed by atoms with E-state index < -0.39 is 8.32 Å². The lowest BCUT2D eigenvalue weighted by atomic mass is 10.0. The van der Waals surface area contributed by atoms with Crippen LogP contribution in [0.3, 0.4) is 0 Å². The average Bonchev–Trinajstić information content (AvgIpc) is 3.24. The van der Waals surface area contributed by atoms with E-state index in [-0.39, 0.29) is 0 Å². The first-order chi connectivity index (χ1) is 13.8. The summed E-state index contributed by atoms with van der Waals surface area (Å²) in [5.74, 6) is 0.701. The quantitative estimate of drug-likeness (QED) is 0.698. The molecule has 0 N–H and O–H groups in total. The van der Waals surface area contributed by atoms with Crippen LogP contribution in [0.15, 0.2) is 24.3 Å². The van der Waals surface area contributed by atoms with Crippen molar-refractivity contribution in [3.63, 3.8) is 0 Å². The standard InChI is InChI=1S/C26H35NOSi/c1-16-10-18(3)25(19(4)11-16)29(26-20(5)12-17(2)13-21(26)6)15-22-14-27-9-7-8-23(27)24(22)28-29/h10-13,22-24H,7-9,14-15H2,1-6H3/t22-,23+,24+/m0/s1. The summed E-state index contributed by atoms with van der Waals surface area (Å²) in [6.07, 6.45) is 3.10. The summed E-state index contributed by atoms with van der Waals surface area (Å²) in [5.41, 5.74) is 8.50. The summed E-state index contributed by atoms with van der Waals surface area (Å²) in [4.78, 5) is 2.72. The molecule has 3 aliphatic rings. The number of aryl methyl sites for hydroxylation is 6. The van der Waals surface area contributed by atoms with Gasteiger partial charge in [-0.05, 0) is 106 Å². The molecule has 3 aliphatic heterocycles. The van der Waals surface area contributed by atoms with E-state index in [0.717, 1.165) is 0 Å². The molecular formula is C26H35NOSi. The highest BCUT2D eigenvalue weighted by Gasteiger charge is 2.59. The van der Waals surface area contributed by atoms with Crippen LogP contribution in [0.2, 0.25) is 6.04 Å². The van der Waals surface area contributed by atoms with Gasteiger partial charge < -0.3 is 4.43 Å². The Labute approximate surface area is 177 Å². The lowest BCUT2D eigenvalue weighted by Crippen LogP contribution is -2.63. The zero-order chi connectivity index (χ0) is 20.5. The smallest absolute Gasteiger partial charge is 0.257 e. The van der Waals surface area contributed by atoms with Crippen molar-refractivity contribution in [2.24, 2.45) is 5.92 Å². The summed E-state index contributed by atoms with van der Waals surface area (Å²) in [7, 11) is -2.29. The van der Waals surface area contributed by atoms with E-state index in [1.165, 1.54) is 65.4 Å². The molecule has 0 bridgehead atoms. The van der Waals surface area contributed by atoms with Gasteiger partial charge in [0.15, 0.2) is 0 Å². The van der Waals surface area contributed by atoms with Crippen LogP contribution in [0.4, 0.5) is 0 Å². The summed E-state index contributed by atoms with van der Waals surface area (Å²) in [6.45, 7) is 16.3. The Morgan fingerprint density at radius 1 is 0.828 bits per heavy atom. The minimum atomic E-state index is -2.29. The molecule has 154 valence electrons. The van der Waals surface area contributed by atoms with E-state index in [2.05, 4.69) is 70.7 Å². The van der Waals surface area contributed by atoms with Gasteiger partial charge in [0.25, 0.3) is 8.32 Å². The van der Waals surface area contributed by atoms with Gasteiger partial charge in [0.05, 0.1) is 6.10 Å². The number of hydrogen-bond acceptors (Lipinski definition) is 2. The van der Waals surface area contributed by atoms with Crippen molar-refractivity contribution in [3.8, 4) is 0 Å². The summed E-state index contributed by atoms with van der Waals surface area (Å²) in [6, 6.07) is 11.4. The fraction of sp³-hybridized carbons (Fsp3) is 0.538. The molecule has 0 radical (unpaired) electrons. The fourth-order valence-corrected chi connectivity index (χ4v) is 13.0. The average molecular weight is 406 g/mol. The lowest BCUT2D eigenvalue weighted by Gasteiger charge is -2.35. The molecule has 0 saturated carbocycles. The van der Waals surface area contributed by atoms with Gasteiger partial charge in [-0.3, -0.25) is 4.90 Å². The van der Waals surface area contributed by atoms with Gasteiger partial charge in [0.2, 0.25) is 0 Å². The third-order valence-corrected chi connectivity index (χ3v) is 12.7. The zero-order valence-electron chi connectivity index (χ0n) is 18.9. The van der Waals surface area contributed by atoms with Crippen LogP contribution in [0, 0.1) is 47.5 Å². The Morgan fingerprint density at radius 3 is 1.86 bits per heavy atom. The van der Waals surface area contributed by atoms with Crippen molar-refractivity contribution in [3.05, 3.63) is 57.6 Å². The highest BCUT2D eigenvalue weighted by molar-refractivity contribution is 6.99. The largest absolute Gasteiger partial charge is 0.403 e. The second-order valence-electron chi connectivity index (χ2n) is 10.1. The zero-order valence-corrected chi connectivity index (χ0v) is 19.9. The highest BCUT2D eigenvalue weighted by atomic mass is 28.4. The van der Waals surface area contributed by atoms with Crippen LogP contribution in [0.1, 0.15) is 46.2 Å². The number of benzene rings is 2. The van der Waals surface area contributed by atoms with Crippen molar-refractivity contribution in [2.45, 2.75) is 72.6 Å². The van der Waals surface area contributed by atoms with Crippen molar-refractivity contribution < 1.29 is 4.43 Å². The van der Waals surface area contributed by atoms with E-state index in [0.29, 0.717) is 18.1 Å². The lowest BCUT2D eigenvalue weighted by molar-refractivity contribution is 0.160. The number of hydrogen-bond donors (Lipinski definition) is 0. The van der Waals surface area contributed by atoms with Gasteiger partial charge in [-0.2, -0.15) is 0 Å². The Balaban J connectivity index is 1.73.